The maximum Gasteiger partial charge on any atom is 0.408 e. The van der Waals surface area contributed by atoms with Gasteiger partial charge in [-0.25, -0.2) is 18.8 Å². The Balaban J connectivity index is 2.01. The van der Waals surface area contributed by atoms with Gasteiger partial charge in [-0.05, 0) is 63.8 Å². The molecule has 0 aliphatic heterocycles. The highest BCUT2D eigenvalue weighted by Crippen LogP contribution is 2.71. The lowest BCUT2D eigenvalue weighted by atomic mass is 9.62. The van der Waals surface area contributed by atoms with E-state index in [0.717, 1.165) is 0 Å². The van der Waals surface area contributed by atoms with Crippen molar-refractivity contribution in [1.82, 2.24) is 10.6 Å². The molecule has 1 aromatic carbocycles. The van der Waals surface area contributed by atoms with Crippen molar-refractivity contribution in [3.8, 4) is 0 Å². The van der Waals surface area contributed by atoms with Crippen molar-refractivity contribution in [2.24, 2.45) is 23.2 Å². The van der Waals surface area contributed by atoms with Gasteiger partial charge in [0.15, 0.2) is 5.54 Å². The number of nitrogens with one attached hydrogen (secondary N) is 3. The predicted octanol–water partition coefficient (Wildman–Crippen LogP) is 3.43. The van der Waals surface area contributed by atoms with E-state index in [1.165, 1.54) is 24.3 Å². The Kier molecular flexibility index (Phi) is 6.75. The number of carboxylic acid groups (broad SMARTS) is 2. The van der Waals surface area contributed by atoms with Crippen molar-refractivity contribution in [2.75, 3.05) is 5.32 Å². The van der Waals surface area contributed by atoms with Gasteiger partial charge in [0, 0.05) is 23.1 Å². The first kappa shape index (κ1) is 26.2. The largest absolute Gasteiger partial charge is 0.481 e. The molecule has 3 rings (SSSR count). The van der Waals surface area contributed by atoms with E-state index in [0.29, 0.717) is 5.69 Å². The molecule has 2 aliphatic rings. The number of amides is 3. The van der Waals surface area contributed by atoms with Gasteiger partial charge in [-0.15, -0.1) is 0 Å². The molecule has 2 fully saturated rings. The average Bonchev–Trinajstić information content (AvgIpc) is 3.44. The molecule has 10 nitrogen and oxygen atoms in total. The van der Waals surface area contributed by atoms with Crippen LogP contribution in [0.1, 0.15) is 47.5 Å². The van der Waals surface area contributed by atoms with Gasteiger partial charge in [0.25, 0.3) is 0 Å². The number of aliphatic carboxylic acids is 2. The molecule has 0 spiro atoms. The van der Waals surface area contributed by atoms with Gasteiger partial charge in [-0.3, -0.25) is 4.79 Å². The maximum absolute atomic E-state index is 13.2. The molecule has 5 N–H and O–H groups in total. The minimum atomic E-state index is -1.99. The van der Waals surface area contributed by atoms with Crippen molar-refractivity contribution in [1.29, 1.82) is 0 Å². The molecule has 192 valence electrons. The Hall–Kier alpha value is -3.37. The van der Waals surface area contributed by atoms with Crippen LogP contribution in [0, 0.1) is 29.0 Å². The molecule has 0 bridgehead atoms. The summed E-state index contributed by atoms with van der Waals surface area (Å²) >= 11 is 0. The molecule has 1 aromatic rings. The summed E-state index contributed by atoms with van der Waals surface area (Å²) in [4.78, 5) is 50.6. The second-order valence-corrected chi connectivity index (χ2v) is 10.2. The average molecular weight is 494 g/mol. The molecule has 5 atom stereocenters. The summed E-state index contributed by atoms with van der Waals surface area (Å²) in [7, 11) is 0. The van der Waals surface area contributed by atoms with Crippen molar-refractivity contribution in [3.05, 3.63) is 30.1 Å². The molecule has 5 unspecified atom stereocenters. The second kappa shape index (κ2) is 9.01. The molecule has 11 heteroatoms. The van der Waals surface area contributed by atoms with Gasteiger partial charge in [-0.2, -0.15) is 0 Å². The van der Waals surface area contributed by atoms with E-state index in [2.05, 4.69) is 16.0 Å². The summed E-state index contributed by atoms with van der Waals surface area (Å²) in [6, 6.07) is 3.50. The van der Waals surface area contributed by atoms with Crippen LogP contribution in [-0.4, -0.2) is 51.5 Å². The molecule has 0 saturated heterocycles. The lowest BCUT2D eigenvalue weighted by Crippen LogP contribution is -2.69. The number of anilines is 1. The number of hydrogen-bond donors (Lipinski definition) is 5. The van der Waals surface area contributed by atoms with E-state index >= 15 is 0 Å². The number of carbonyl (C=O) groups is 4. The van der Waals surface area contributed by atoms with Gasteiger partial charge in [0.1, 0.15) is 11.4 Å². The Morgan fingerprint density at radius 3 is 2.09 bits per heavy atom. The van der Waals surface area contributed by atoms with Crippen LogP contribution in [0.2, 0.25) is 0 Å². The van der Waals surface area contributed by atoms with Crippen molar-refractivity contribution < 1.29 is 38.5 Å². The molecule has 0 aromatic heterocycles. The summed E-state index contributed by atoms with van der Waals surface area (Å²) in [6.07, 6.45) is -0.517. The highest BCUT2D eigenvalue weighted by atomic mass is 19.1. The number of rotatable bonds is 7. The number of fused-ring (bicyclic) bond motifs is 1. The summed E-state index contributed by atoms with van der Waals surface area (Å²) in [5, 5.41) is 28.2. The molecule has 0 heterocycles. The van der Waals surface area contributed by atoms with Crippen LogP contribution in [0.4, 0.5) is 19.7 Å². The Bertz CT molecular complexity index is 1020. The third-order valence-electron chi connectivity index (χ3n) is 7.31. The van der Waals surface area contributed by atoms with Crippen LogP contribution in [0.3, 0.4) is 0 Å². The molecule has 35 heavy (non-hydrogen) atoms. The van der Waals surface area contributed by atoms with Crippen molar-refractivity contribution in [3.63, 3.8) is 0 Å². The zero-order chi connectivity index (χ0) is 26.3. The Morgan fingerprint density at radius 2 is 1.63 bits per heavy atom. The molecular weight excluding hydrogens is 461 g/mol. The summed E-state index contributed by atoms with van der Waals surface area (Å²) < 4.78 is 18.5. The minimum Gasteiger partial charge on any atom is -0.481 e. The van der Waals surface area contributed by atoms with Gasteiger partial charge in [0.05, 0.1) is 5.92 Å². The van der Waals surface area contributed by atoms with E-state index in [-0.39, 0.29) is 12.8 Å². The van der Waals surface area contributed by atoms with E-state index in [1.54, 1.807) is 34.6 Å². The van der Waals surface area contributed by atoms with Crippen molar-refractivity contribution in [2.45, 2.75) is 64.6 Å². The molecule has 0 radical (unpaired) electrons. The first-order valence-corrected chi connectivity index (χ1v) is 11.5. The van der Waals surface area contributed by atoms with E-state index < -0.39 is 70.2 Å². The lowest BCUT2D eigenvalue weighted by Gasteiger charge is -2.48. The number of carboxylic acids is 2. The third-order valence-corrected chi connectivity index (χ3v) is 7.31. The lowest BCUT2D eigenvalue weighted by molar-refractivity contribution is -0.155. The zero-order valence-corrected chi connectivity index (χ0v) is 20.3. The van der Waals surface area contributed by atoms with Gasteiger partial charge in [0.2, 0.25) is 0 Å². The van der Waals surface area contributed by atoms with Gasteiger partial charge < -0.3 is 30.9 Å². The molecule has 2 aliphatic carbocycles. The van der Waals surface area contributed by atoms with Gasteiger partial charge >= 0.3 is 24.1 Å². The Morgan fingerprint density at radius 1 is 1.06 bits per heavy atom. The van der Waals surface area contributed by atoms with Crippen LogP contribution in [-0.2, 0) is 14.3 Å². The normalized spacial score (nSPS) is 28.4. The van der Waals surface area contributed by atoms with Crippen LogP contribution in [0.25, 0.3) is 0 Å². The second-order valence-electron chi connectivity index (χ2n) is 10.2. The zero-order valence-electron chi connectivity index (χ0n) is 20.3. The summed E-state index contributed by atoms with van der Waals surface area (Å²) in [5.74, 6) is -5.83. The van der Waals surface area contributed by atoms with Crippen LogP contribution in [0.15, 0.2) is 24.3 Å². The van der Waals surface area contributed by atoms with E-state index in [9.17, 15) is 33.8 Å². The minimum absolute atomic E-state index is 0.229. The first-order valence-electron chi connectivity index (χ1n) is 11.5. The number of benzene rings is 1. The Labute approximate surface area is 202 Å². The highest BCUT2D eigenvalue weighted by Gasteiger charge is 2.84. The number of urea groups is 1. The molecule has 3 amide bonds. The quantitative estimate of drug-likeness (QED) is 0.390. The molecule has 2 saturated carbocycles. The fourth-order valence-corrected chi connectivity index (χ4v) is 5.98. The first-order chi connectivity index (χ1) is 16.2. The smallest absolute Gasteiger partial charge is 0.408 e. The third kappa shape index (κ3) is 4.39. The number of hydrogen-bond acceptors (Lipinski definition) is 5. The maximum atomic E-state index is 13.2. The number of halogens is 1. The van der Waals surface area contributed by atoms with Crippen LogP contribution < -0.4 is 16.0 Å². The predicted molar refractivity (Wildman–Crippen MR) is 123 cm³/mol. The van der Waals surface area contributed by atoms with Crippen LogP contribution in [0.5, 0.6) is 0 Å². The summed E-state index contributed by atoms with van der Waals surface area (Å²) in [6.45, 7) is 8.37. The van der Waals surface area contributed by atoms with E-state index in [1.807, 2.05) is 0 Å². The SMILES string of the molecule is CCC1(CC)C(NC(=O)Nc2ccc(F)cc2)C2C(C(=O)O)C2C1(NC(=O)OC(C)(C)C)C(=O)O. The topological polar surface area (TPSA) is 154 Å². The summed E-state index contributed by atoms with van der Waals surface area (Å²) in [5.41, 5.74) is -3.80. The number of ether oxygens (including phenoxy) is 1. The van der Waals surface area contributed by atoms with E-state index in [4.69, 9.17) is 4.74 Å². The number of carbonyl (C=O) groups excluding carboxylic acids is 2. The fraction of sp³-hybridized carbons (Fsp3) is 0.583. The monoisotopic (exact) mass is 493 g/mol. The van der Waals surface area contributed by atoms with Crippen LogP contribution >= 0.6 is 0 Å². The molecular formula is C24H32FN3O7. The highest BCUT2D eigenvalue weighted by molar-refractivity contribution is 5.93. The standard InChI is InChI=1S/C24H32FN3O7/c1-6-23(7-2)17(27-20(33)26-13-10-8-12(25)9-11-13)14-15(18(29)30)16(14)24(23,19(31)32)28-21(34)35-22(3,4)5/h8-11,14-17H,6-7H2,1-5H3,(H,28,34)(H,29,30)(H,31,32)(H2,26,27,33). The van der Waals surface area contributed by atoms with Crippen molar-refractivity contribution >= 4 is 29.8 Å². The fourth-order valence-electron chi connectivity index (χ4n) is 5.98. The van der Waals surface area contributed by atoms with Gasteiger partial charge in [-0.1, -0.05) is 13.8 Å². The number of alkyl carbamates (subject to hydrolysis) is 1.